The molecule has 1 aromatic heterocycles. The summed E-state index contributed by atoms with van der Waals surface area (Å²) in [6.07, 6.45) is 3.22. The number of hydrogen-bond donors (Lipinski definition) is 2. The van der Waals surface area contributed by atoms with E-state index in [1.54, 1.807) is 24.5 Å². The summed E-state index contributed by atoms with van der Waals surface area (Å²) >= 11 is 4.83. The second kappa shape index (κ2) is 5.70. The van der Waals surface area contributed by atoms with Gasteiger partial charge in [0.05, 0.1) is 11.4 Å². The Balaban J connectivity index is 2.23. The van der Waals surface area contributed by atoms with Gasteiger partial charge >= 0.3 is 0 Å². The summed E-state index contributed by atoms with van der Waals surface area (Å²) < 4.78 is 25.9. The van der Waals surface area contributed by atoms with Crippen molar-refractivity contribution < 1.29 is 8.42 Å². The summed E-state index contributed by atoms with van der Waals surface area (Å²) in [6, 6.07) is 6.16. The average molecular weight is 310 g/mol. The van der Waals surface area contributed by atoms with Gasteiger partial charge in [-0.15, -0.1) is 0 Å². The molecule has 0 unspecified atom stereocenters. The molecule has 20 heavy (non-hydrogen) atoms. The monoisotopic (exact) mass is 310 g/mol. The predicted octanol–water partition coefficient (Wildman–Crippen LogP) is 0.865. The quantitative estimate of drug-likeness (QED) is 0.799. The normalized spacial score (nSPS) is 11.7. The lowest BCUT2D eigenvalue weighted by Gasteiger charge is -2.16. The van der Waals surface area contributed by atoms with Gasteiger partial charge in [-0.25, -0.2) is 13.4 Å². The SMILES string of the molecule is CN(Cc1ncc[nH]1)S(=O)(=O)c1ccc(C(N)=S)cc1. The third-order valence-corrected chi connectivity index (χ3v) is 4.83. The first kappa shape index (κ1) is 14.6. The van der Waals surface area contributed by atoms with Gasteiger partial charge < -0.3 is 10.7 Å². The van der Waals surface area contributed by atoms with Gasteiger partial charge in [0.25, 0.3) is 0 Å². The van der Waals surface area contributed by atoms with Crippen LogP contribution < -0.4 is 5.73 Å². The molecule has 0 saturated heterocycles. The molecule has 0 aliphatic carbocycles. The fourth-order valence-corrected chi connectivity index (χ4v) is 2.92. The number of nitrogens with two attached hydrogens (primary N) is 1. The van der Waals surface area contributed by atoms with Crippen LogP contribution in [0.15, 0.2) is 41.6 Å². The van der Waals surface area contributed by atoms with Gasteiger partial charge in [0.1, 0.15) is 10.8 Å². The minimum absolute atomic E-state index is 0.173. The van der Waals surface area contributed by atoms with E-state index < -0.39 is 10.0 Å². The summed E-state index contributed by atoms with van der Waals surface area (Å²) in [5.74, 6) is 0.579. The van der Waals surface area contributed by atoms with Crippen LogP contribution in [0.25, 0.3) is 0 Å². The maximum Gasteiger partial charge on any atom is 0.243 e. The standard InChI is InChI=1S/C12H14N4O2S2/c1-16(8-11-14-6-7-15-11)20(17,18)10-4-2-9(3-5-10)12(13)19/h2-7H,8H2,1H3,(H2,13,19)(H,14,15). The molecule has 0 bridgehead atoms. The molecule has 0 spiro atoms. The average Bonchev–Trinajstić information content (AvgIpc) is 2.91. The maximum atomic E-state index is 12.4. The molecule has 0 aliphatic rings. The number of aromatic amines is 1. The van der Waals surface area contributed by atoms with Crippen molar-refractivity contribution in [3.8, 4) is 0 Å². The fourth-order valence-electron chi connectivity index (χ4n) is 1.65. The first-order chi connectivity index (χ1) is 9.41. The van der Waals surface area contributed by atoms with E-state index in [4.69, 9.17) is 18.0 Å². The van der Waals surface area contributed by atoms with Crippen LogP contribution in [0.5, 0.6) is 0 Å². The number of sulfonamides is 1. The lowest BCUT2D eigenvalue weighted by atomic mass is 10.2. The van der Waals surface area contributed by atoms with Gasteiger partial charge in [-0.1, -0.05) is 24.4 Å². The first-order valence-corrected chi connectivity index (χ1v) is 7.60. The highest BCUT2D eigenvalue weighted by atomic mass is 32.2. The van der Waals surface area contributed by atoms with Crippen molar-refractivity contribution in [1.82, 2.24) is 14.3 Å². The second-order valence-corrected chi connectivity index (χ2v) is 6.67. The number of aromatic nitrogens is 2. The van der Waals surface area contributed by atoms with Crippen LogP contribution in [0.4, 0.5) is 0 Å². The minimum atomic E-state index is -3.57. The molecule has 1 heterocycles. The number of thiocarbonyl (C=S) groups is 1. The molecular formula is C12H14N4O2S2. The largest absolute Gasteiger partial charge is 0.389 e. The number of hydrogen-bond acceptors (Lipinski definition) is 4. The van der Waals surface area contributed by atoms with E-state index in [1.165, 1.54) is 23.5 Å². The Hall–Kier alpha value is -1.77. The third kappa shape index (κ3) is 3.03. The molecule has 3 N–H and O–H groups in total. The van der Waals surface area contributed by atoms with Crippen molar-refractivity contribution in [3.63, 3.8) is 0 Å². The Morgan fingerprint density at radius 2 is 2.05 bits per heavy atom. The van der Waals surface area contributed by atoms with E-state index in [0.717, 1.165) is 0 Å². The van der Waals surface area contributed by atoms with Crippen LogP contribution in [-0.2, 0) is 16.6 Å². The molecule has 0 atom stereocenters. The predicted molar refractivity (Wildman–Crippen MR) is 79.6 cm³/mol. The van der Waals surface area contributed by atoms with Crippen LogP contribution in [0.2, 0.25) is 0 Å². The summed E-state index contributed by atoms with van der Waals surface area (Å²) in [4.78, 5) is 7.29. The zero-order valence-corrected chi connectivity index (χ0v) is 12.4. The van der Waals surface area contributed by atoms with E-state index in [9.17, 15) is 8.42 Å². The molecule has 0 radical (unpaired) electrons. The number of nitrogens with zero attached hydrogens (tertiary/aromatic N) is 2. The molecule has 6 nitrogen and oxygen atoms in total. The van der Waals surface area contributed by atoms with Crippen molar-refractivity contribution in [1.29, 1.82) is 0 Å². The first-order valence-electron chi connectivity index (χ1n) is 5.76. The number of rotatable bonds is 5. The summed E-state index contributed by atoms with van der Waals surface area (Å²) in [5.41, 5.74) is 6.11. The van der Waals surface area contributed by atoms with Gasteiger partial charge in [-0.05, 0) is 12.1 Å². The fraction of sp³-hybridized carbons (Fsp3) is 0.167. The van der Waals surface area contributed by atoms with Crippen molar-refractivity contribution in [3.05, 3.63) is 48.0 Å². The van der Waals surface area contributed by atoms with Gasteiger partial charge in [0.15, 0.2) is 0 Å². The van der Waals surface area contributed by atoms with E-state index in [-0.39, 0.29) is 16.4 Å². The van der Waals surface area contributed by atoms with Gasteiger partial charge in [0, 0.05) is 25.0 Å². The smallest absolute Gasteiger partial charge is 0.243 e. The van der Waals surface area contributed by atoms with E-state index >= 15 is 0 Å². The lowest BCUT2D eigenvalue weighted by Crippen LogP contribution is -2.27. The molecule has 2 aromatic rings. The minimum Gasteiger partial charge on any atom is -0.389 e. The summed E-state index contributed by atoms with van der Waals surface area (Å²) in [6.45, 7) is 0.173. The number of H-pyrrole nitrogens is 1. The van der Waals surface area contributed by atoms with Crippen LogP contribution >= 0.6 is 12.2 Å². The second-order valence-electron chi connectivity index (χ2n) is 4.19. The molecule has 0 aliphatic heterocycles. The topological polar surface area (TPSA) is 92.1 Å². The molecule has 0 saturated carbocycles. The lowest BCUT2D eigenvalue weighted by molar-refractivity contribution is 0.458. The Kier molecular flexibility index (Phi) is 4.17. The molecule has 2 rings (SSSR count). The van der Waals surface area contributed by atoms with Gasteiger partial charge in [0.2, 0.25) is 10.0 Å². The van der Waals surface area contributed by atoms with Crippen molar-refractivity contribution >= 4 is 27.2 Å². The Morgan fingerprint density at radius 1 is 1.40 bits per heavy atom. The number of imidazole rings is 1. The molecule has 0 fully saturated rings. The maximum absolute atomic E-state index is 12.4. The summed E-state index contributed by atoms with van der Waals surface area (Å²) in [7, 11) is -2.07. The molecular weight excluding hydrogens is 296 g/mol. The molecule has 1 aromatic carbocycles. The van der Waals surface area contributed by atoms with Crippen LogP contribution in [-0.4, -0.2) is 34.7 Å². The van der Waals surface area contributed by atoms with Crippen LogP contribution in [0.1, 0.15) is 11.4 Å². The summed E-state index contributed by atoms with van der Waals surface area (Å²) in [5, 5.41) is 0. The Labute approximate surface area is 122 Å². The highest BCUT2D eigenvalue weighted by Crippen LogP contribution is 2.16. The van der Waals surface area contributed by atoms with Gasteiger partial charge in [-0.3, -0.25) is 0 Å². The highest BCUT2D eigenvalue weighted by molar-refractivity contribution is 7.89. The van der Waals surface area contributed by atoms with E-state index in [1.807, 2.05) is 0 Å². The van der Waals surface area contributed by atoms with E-state index in [2.05, 4.69) is 9.97 Å². The highest BCUT2D eigenvalue weighted by Gasteiger charge is 2.21. The third-order valence-electron chi connectivity index (χ3n) is 2.77. The number of benzene rings is 1. The van der Waals surface area contributed by atoms with Crippen LogP contribution in [0, 0.1) is 0 Å². The Morgan fingerprint density at radius 3 is 2.55 bits per heavy atom. The molecule has 106 valence electrons. The molecule has 0 amide bonds. The Bertz CT molecular complexity index is 694. The zero-order valence-electron chi connectivity index (χ0n) is 10.8. The van der Waals surface area contributed by atoms with Gasteiger partial charge in [-0.2, -0.15) is 4.31 Å². The van der Waals surface area contributed by atoms with Crippen molar-refractivity contribution in [2.24, 2.45) is 5.73 Å². The van der Waals surface area contributed by atoms with Crippen molar-refractivity contribution in [2.45, 2.75) is 11.4 Å². The van der Waals surface area contributed by atoms with Crippen molar-refractivity contribution in [2.75, 3.05) is 7.05 Å². The zero-order chi connectivity index (χ0) is 14.8. The number of nitrogens with one attached hydrogen (secondary N) is 1. The van der Waals surface area contributed by atoms with E-state index in [0.29, 0.717) is 11.4 Å². The molecule has 8 heteroatoms. The van der Waals surface area contributed by atoms with Crippen LogP contribution in [0.3, 0.4) is 0 Å².